The van der Waals surface area contributed by atoms with Crippen molar-refractivity contribution in [1.82, 2.24) is 5.32 Å². The summed E-state index contributed by atoms with van der Waals surface area (Å²) in [7, 11) is 0. The van der Waals surface area contributed by atoms with Gasteiger partial charge in [0.25, 0.3) is 0 Å². The third-order valence-electron chi connectivity index (χ3n) is 3.34. The van der Waals surface area contributed by atoms with Crippen molar-refractivity contribution < 1.29 is 4.42 Å². The molecule has 2 rings (SSSR count). The highest BCUT2D eigenvalue weighted by atomic mass is 35.5. The molecule has 0 amide bonds. The monoisotopic (exact) mass is 279 g/mol. The van der Waals surface area contributed by atoms with Crippen LogP contribution in [0.1, 0.15) is 44.6 Å². The molecule has 2 aromatic rings. The molecule has 0 saturated carbocycles. The minimum absolute atomic E-state index is 0.00738. The summed E-state index contributed by atoms with van der Waals surface area (Å²) in [6, 6.07) is 3.97. The normalized spacial score (nSPS) is 12.3. The zero-order valence-corrected chi connectivity index (χ0v) is 13.1. The molecule has 0 atom stereocenters. The largest absolute Gasteiger partial charge is 0.459 e. The predicted octanol–water partition coefficient (Wildman–Crippen LogP) is 4.80. The summed E-state index contributed by atoms with van der Waals surface area (Å²) in [6.07, 6.45) is 0. The Hall–Kier alpha value is -0.990. The van der Waals surface area contributed by atoms with Crippen LogP contribution in [0.15, 0.2) is 16.5 Å². The molecule has 0 bridgehead atoms. The molecule has 0 spiro atoms. The quantitative estimate of drug-likeness (QED) is 0.873. The summed E-state index contributed by atoms with van der Waals surface area (Å²) in [6.45, 7) is 12.4. The maximum absolute atomic E-state index is 6.41. The van der Waals surface area contributed by atoms with Gasteiger partial charge in [0, 0.05) is 10.9 Å². The van der Waals surface area contributed by atoms with Gasteiger partial charge in [-0.2, -0.15) is 0 Å². The van der Waals surface area contributed by atoms with E-state index in [4.69, 9.17) is 16.0 Å². The number of fused-ring (bicyclic) bond motifs is 1. The van der Waals surface area contributed by atoms with E-state index in [0.717, 1.165) is 40.4 Å². The molecule has 0 aliphatic carbocycles. The number of aryl methyl sites for hydroxylation is 1. The van der Waals surface area contributed by atoms with Crippen LogP contribution < -0.4 is 5.32 Å². The van der Waals surface area contributed by atoms with E-state index < -0.39 is 0 Å². The molecule has 1 aromatic heterocycles. The molecule has 19 heavy (non-hydrogen) atoms. The predicted molar refractivity (Wildman–Crippen MR) is 82.0 cm³/mol. The molecule has 0 radical (unpaired) electrons. The number of furan rings is 1. The fraction of sp³-hybridized carbons (Fsp3) is 0.500. The van der Waals surface area contributed by atoms with Crippen LogP contribution in [0.3, 0.4) is 0 Å². The van der Waals surface area contributed by atoms with Crippen LogP contribution in [0, 0.1) is 6.92 Å². The van der Waals surface area contributed by atoms with E-state index in [2.05, 4.69) is 39.9 Å². The van der Waals surface area contributed by atoms with Crippen LogP contribution >= 0.6 is 11.6 Å². The number of rotatable bonds is 3. The van der Waals surface area contributed by atoms with Gasteiger partial charge >= 0.3 is 0 Å². The smallest absolute Gasteiger partial charge is 0.139 e. The highest BCUT2D eigenvalue weighted by Gasteiger charge is 2.27. The maximum Gasteiger partial charge on any atom is 0.139 e. The van der Waals surface area contributed by atoms with Gasteiger partial charge < -0.3 is 9.73 Å². The van der Waals surface area contributed by atoms with E-state index in [0.29, 0.717) is 0 Å². The van der Waals surface area contributed by atoms with E-state index in [1.165, 1.54) is 5.56 Å². The first-order chi connectivity index (χ1) is 8.86. The van der Waals surface area contributed by atoms with Gasteiger partial charge in [-0.05, 0) is 30.5 Å². The number of hydrogen-bond acceptors (Lipinski definition) is 2. The fourth-order valence-corrected chi connectivity index (χ4v) is 2.74. The second kappa shape index (κ2) is 5.18. The second-order valence-corrected chi connectivity index (χ2v) is 6.41. The minimum atomic E-state index is 0.00738. The number of nitrogens with one attached hydrogen (secondary N) is 1. The highest BCUT2D eigenvalue weighted by molar-refractivity contribution is 6.35. The molecule has 0 unspecified atom stereocenters. The summed E-state index contributed by atoms with van der Waals surface area (Å²) in [5.74, 6) is 1.00. The van der Waals surface area contributed by atoms with Crippen LogP contribution in [-0.4, -0.2) is 6.54 Å². The molecule has 2 nitrogen and oxygen atoms in total. The number of hydrogen-bond donors (Lipinski definition) is 1. The number of benzene rings is 1. The molecule has 104 valence electrons. The Balaban J connectivity index is 2.74. The van der Waals surface area contributed by atoms with Crippen LogP contribution in [0.2, 0.25) is 5.02 Å². The third-order valence-corrected chi connectivity index (χ3v) is 3.66. The lowest BCUT2D eigenvalue weighted by Crippen LogP contribution is -2.18. The van der Waals surface area contributed by atoms with Crippen LogP contribution in [0.4, 0.5) is 0 Å². The average Bonchev–Trinajstić information content (AvgIpc) is 2.71. The highest BCUT2D eigenvalue weighted by Crippen LogP contribution is 2.40. The van der Waals surface area contributed by atoms with E-state index in [-0.39, 0.29) is 5.41 Å². The van der Waals surface area contributed by atoms with E-state index in [1.807, 2.05) is 12.1 Å². The minimum Gasteiger partial charge on any atom is -0.459 e. The Morgan fingerprint density at radius 3 is 2.53 bits per heavy atom. The lowest BCUT2D eigenvalue weighted by molar-refractivity contribution is 0.486. The van der Waals surface area contributed by atoms with Crippen molar-refractivity contribution in [2.24, 2.45) is 0 Å². The van der Waals surface area contributed by atoms with Crippen molar-refractivity contribution in [2.45, 2.75) is 46.6 Å². The Morgan fingerprint density at radius 1 is 1.26 bits per heavy atom. The van der Waals surface area contributed by atoms with E-state index in [1.54, 1.807) is 0 Å². The van der Waals surface area contributed by atoms with Gasteiger partial charge in [-0.25, -0.2) is 0 Å². The Bertz CT molecular complexity index is 593. The summed E-state index contributed by atoms with van der Waals surface area (Å²) < 4.78 is 6.09. The molecular weight excluding hydrogens is 258 g/mol. The van der Waals surface area contributed by atoms with Gasteiger partial charge in [-0.3, -0.25) is 0 Å². The first kappa shape index (κ1) is 14.4. The molecule has 0 fully saturated rings. The molecule has 1 aromatic carbocycles. The SMILES string of the molecule is CCNCc1oc2c(C)ccc(Cl)c2c1C(C)(C)C. The van der Waals surface area contributed by atoms with Gasteiger partial charge in [-0.15, -0.1) is 0 Å². The third kappa shape index (κ3) is 2.65. The molecule has 0 aliphatic rings. The zero-order valence-electron chi connectivity index (χ0n) is 12.4. The Kier molecular flexibility index (Phi) is 3.93. The van der Waals surface area contributed by atoms with Crippen LogP contribution in [-0.2, 0) is 12.0 Å². The maximum atomic E-state index is 6.41. The summed E-state index contributed by atoms with van der Waals surface area (Å²) in [4.78, 5) is 0. The Labute approximate surface area is 120 Å². The first-order valence-electron chi connectivity index (χ1n) is 6.78. The van der Waals surface area contributed by atoms with Gasteiger partial charge in [0.15, 0.2) is 0 Å². The van der Waals surface area contributed by atoms with Gasteiger partial charge in [0.1, 0.15) is 11.3 Å². The molecule has 1 heterocycles. The van der Waals surface area contributed by atoms with Crippen molar-refractivity contribution in [2.75, 3.05) is 6.54 Å². The van der Waals surface area contributed by atoms with Crippen LogP contribution in [0.5, 0.6) is 0 Å². The molecule has 0 aliphatic heterocycles. The van der Waals surface area contributed by atoms with Crippen molar-refractivity contribution in [3.63, 3.8) is 0 Å². The Morgan fingerprint density at radius 2 is 1.95 bits per heavy atom. The molecule has 0 saturated heterocycles. The summed E-state index contributed by atoms with van der Waals surface area (Å²) in [5.41, 5.74) is 3.28. The van der Waals surface area contributed by atoms with Crippen molar-refractivity contribution in [1.29, 1.82) is 0 Å². The standard InChI is InChI=1S/C16H22ClNO/c1-6-18-9-12-14(16(3,4)5)13-11(17)8-7-10(2)15(13)19-12/h7-8,18H,6,9H2,1-5H3. The van der Waals surface area contributed by atoms with Gasteiger partial charge in [0.2, 0.25) is 0 Å². The average molecular weight is 280 g/mol. The van der Waals surface area contributed by atoms with Crippen LogP contribution in [0.25, 0.3) is 11.0 Å². The lowest BCUT2D eigenvalue weighted by Gasteiger charge is -2.19. The summed E-state index contributed by atoms with van der Waals surface area (Å²) >= 11 is 6.41. The lowest BCUT2D eigenvalue weighted by atomic mass is 9.84. The first-order valence-corrected chi connectivity index (χ1v) is 7.15. The van der Waals surface area contributed by atoms with Gasteiger partial charge in [0.05, 0.1) is 11.6 Å². The second-order valence-electron chi connectivity index (χ2n) is 6.00. The van der Waals surface area contributed by atoms with Crippen molar-refractivity contribution in [3.8, 4) is 0 Å². The molecule has 1 N–H and O–H groups in total. The molecule has 3 heteroatoms. The zero-order chi connectivity index (χ0) is 14.2. The van der Waals surface area contributed by atoms with Crippen molar-refractivity contribution in [3.05, 3.63) is 34.0 Å². The fourth-order valence-electron chi connectivity index (χ4n) is 2.50. The summed E-state index contributed by atoms with van der Waals surface area (Å²) in [5, 5.41) is 5.19. The topological polar surface area (TPSA) is 25.2 Å². The van der Waals surface area contributed by atoms with Crippen molar-refractivity contribution >= 4 is 22.6 Å². The van der Waals surface area contributed by atoms with Gasteiger partial charge in [-0.1, -0.05) is 45.4 Å². The number of halogens is 1. The van der Waals surface area contributed by atoms with E-state index in [9.17, 15) is 0 Å². The molecular formula is C16H22ClNO. The van der Waals surface area contributed by atoms with E-state index >= 15 is 0 Å².